The summed E-state index contributed by atoms with van der Waals surface area (Å²) < 4.78 is 51.1. The van der Waals surface area contributed by atoms with E-state index in [9.17, 15) is 40.9 Å². The second-order valence-corrected chi connectivity index (χ2v) is 20.7. The van der Waals surface area contributed by atoms with E-state index in [-0.39, 0.29) is 36.4 Å². The molecule has 5 saturated heterocycles. The molecule has 0 amide bonds. The number of allylic oxidation sites excluding steroid dienone is 1. The van der Waals surface area contributed by atoms with Gasteiger partial charge in [-0.05, 0) is 87.4 Å². The second kappa shape index (κ2) is 16.2. The maximum absolute atomic E-state index is 11.6. The number of rotatable bonds is 6. The van der Waals surface area contributed by atoms with Gasteiger partial charge in [0.05, 0.1) is 43.7 Å². The Hall–Kier alpha value is -0.900. The lowest BCUT2D eigenvalue weighted by Crippen LogP contribution is -2.66. The molecular formula is C44H70O16. The van der Waals surface area contributed by atoms with E-state index >= 15 is 0 Å². The van der Waals surface area contributed by atoms with E-state index in [1.807, 2.05) is 0 Å². The van der Waals surface area contributed by atoms with Gasteiger partial charge in [0.25, 0.3) is 0 Å². The summed E-state index contributed by atoms with van der Waals surface area (Å²) in [6.45, 7) is 12.8. The Morgan fingerprint density at radius 3 is 2.12 bits per heavy atom. The summed E-state index contributed by atoms with van der Waals surface area (Å²) in [5.74, 6) is 1.67. The Morgan fingerprint density at radius 2 is 1.38 bits per heavy atom. The predicted octanol–water partition coefficient (Wildman–Crippen LogP) is 0.852. The highest BCUT2D eigenvalue weighted by Gasteiger charge is 2.69. The van der Waals surface area contributed by atoms with E-state index in [1.165, 1.54) is 6.92 Å². The zero-order valence-corrected chi connectivity index (χ0v) is 35.8. The van der Waals surface area contributed by atoms with Crippen molar-refractivity contribution < 1.29 is 78.7 Å². The van der Waals surface area contributed by atoms with Crippen molar-refractivity contribution in [2.75, 3.05) is 13.2 Å². The molecule has 5 aliphatic heterocycles. The Labute approximate surface area is 352 Å². The summed E-state index contributed by atoms with van der Waals surface area (Å²) in [7, 11) is 0. The van der Waals surface area contributed by atoms with Crippen LogP contribution in [0.2, 0.25) is 0 Å². The summed E-state index contributed by atoms with van der Waals surface area (Å²) in [6, 6.07) is 0. The molecule has 8 N–H and O–H groups in total. The van der Waals surface area contributed by atoms with Crippen LogP contribution in [0.3, 0.4) is 0 Å². The summed E-state index contributed by atoms with van der Waals surface area (Å²) in [4.78, 5) is 0. The Bertz CT molecular complexity index is 1580. The van der Waals surface area contributed by atoms with Crippen molar-refractivity contribution in [2.45, 2.75) is 203 Å². The molecule has 0 unspecified atom stereocenters. The van der Waals surface area contributed by atoms with Crippen LogP contribution in [0.1, 0.15) is 92.9 Å². The molecule has 5 heterocycles. The van der Waals surface area contributed by atoms with E-state index in [1.54, 1.807) is 6.92 Å². The van der Waals surface area contributed by atoms with Gasteiger partial charge < -0.3 is 78.7 Å². The number of fused-ring (bicyclic) bond motifs is 7. The molecule has 8 fully saturated rings. The van der Waals surface area contributed by atoms with Crippen molar-refractivity contribution in [3.05, 3.63) is 11.6 Å². The highest BCUT2D eigenvalue weighted by atomic mass is 16.8. The molecule has 3 saturated carbocycles. The molecule has 4 aliphatic carbocycles. The van der Waals surface area contributed by atoms with Gasteiger partial charge in [0, 0.05) is 24.2 Å². The first-order chi connectivity index (χ1) is 28.4. The summed E-state index contributed by atoms with van der Waals surface area (Å²) in [5, 5.41) is 86.8. The topological polar surface area (TPSA) is 236 Å². The number of hydrogen-bond donors (Lipinski definition) is 8. The van der Waals surface area contributed by atoms with E-state index in [2.05, 4.69) is 33.8 Å². The molecule has 16 heteroatoms. The standard InChI is InChI=1S/C44H70O16/c1-18-9-12-44(54-16-18)19(2)30-28(60-44)15-26-24-8-7-22-13-23(45)14-29(43(22,6)25(24)10-11-42(26,30)5)57-41-38(59-40-36(52)34(50)31(47)20(3)55-40)37(32(48)21(4)56-41)58-39-35(51)33(49)27(46)17-53-39/h7,18-21,23-41,45-52H,8-17H2,1-6H3/t18-,19-,20+,21-,23-,24-,25-,26-,27+,28-,29-,30-,31+,32+,33+,34-,35+,36-,37+,38+,39+,40+,41+,42+,43+,44-/m1/s1. The smallest absolute Gasteiger partial charge is 0.187 e. The molecule has 16 nitrogen and oxygen atoms in total. The van der Waals surface area contributed by atoms with Gasteiger partial charge in [0.1, 0.15) is 54.9 Å². The second-order valence-electron chi connectivity index (χ2n) is 20.7. The van der Waals surface area contributed by atoms with E-state index in [0.29, 0.717) is 30.1 Å². The number of ether oxygens (including phenoxy) is 8. The predicted molar refractivity (Wildman–Crippen MR) is 208 cm³/mol. The molecule has 1 spiro atoms. The van der Waals surface area contributed by atoms with Crippen molar-refractivity contribution in [2.24, 2.45) is 46.3 Å². The van der Waals surface area contributed by atoms with Crippen LogP contribution < -0.4 is 0 Å². The van der Waals surface area contributed by atoms with Gasteiger partial charge in [-0.2, -0.15) is 0 Å². The third kappa shape index (κ3) is 7.01. The van der Waals surface area contributed by atoms with E-state index < -0.39 is 109 Å². The summed E-state index contributed by atoms with van der Waals surface area (Å²) in [5.41, 5.74) is 0.681. The van der Waals surface area contributed by atoms with E-state index in [4.69, 9.17) is 37.9 Å². The van der Waals surface area contributed by atoms with Crippen molar-refractivity contribution >= 4 is 0 Å². The summed E-state index contributed by atoms with van der Waals surface area (Å²) in [6.07, 6.45) is -12.0. The lowest BCUT2D eigenvalue weighted by atomic mass is 9.46. The molecule has 0 aromatic carbocycles. The Kier molecular flexibility index (Phi) is 12.0. The van der Waals surface area contributed by atoms with Crippen LogP contribution in [0.15, 0.2) is 11.6 Å². The zero-order valence-electron chi connectivity index (χ0n) is 35.8. The van der Waals surface area contributed by atoms with Crippen LogP contribution in [0.25, 0.3) is 0 Å². The van der Waals surface area contributed by atoms with Crippen LogP contribution in [-0.4, -0.2) is 164 Å². The van der Waals surface area contributed by atoms with E-state index in [0.717, 1.165) is 50.7 Å². The maximum Gasteiger partial charge on any atom is 0.187 e. The first-order valence-corrected chi connectivity index (χ1v) is 22.7. The average molecular weight is 855 g/mol. The molecule has 26 atom stereocenters. The van der Waals surface area contributed by atoms with Crippen LogP contribution in [-0.2, 0) is 37.9 Å². The Balaban J connectivity index is 1.01. The fourth-order valence-electron chi connectivity index (χ4n) is 13.8. The summed E-state index contributed by atoms with van der Waals surface area (Å²) >= 11 is 0. The van der Waals surface area contributed by atoms with Gasteiger partial charge in [-0.25, -0.2) is 0 Å². The molecule has 0 aromatic rings. The molecular weight excluding hydrogens is 784 g/mol. The fraction of sp³-hybridized carbons (Fsp3) is 0.955. The van der Waals surface area contributed by atoms with Crippen molar-refractivity contribution in [1.29, 1.82) is 0 Å². The minimum atomic E-state index is -1.72. The van der Waals surface area contributed by atoms with Gasteiger partial charge in [-0.15, -0.1) is 0 Å². The molecule has 9 rings (SSSR count). The lowest BCUT2D eigenvalue weighted by Gasteiger charge is -2.60. The van der Waals surface area contributed by atoms with Crippen LogP contribution in [0.4, 0.5) is 0 Å². The third-order valence-electron chi connectivity index (χ3n) is 17.3. The fourth-order valence-corrected chi connectivity index (χ4v) is 13.8. The highest BCUT2D eigenvalue weighted by molar-refractivity contribution is 5.29. The normalized spacial score (nSPS) is 59.2. The third-order valence-corrected chi connectivity index (χ3v) is 17.3. The SMILES string of the molecule is C[C@@H]1CC[C@@]2(OC1)O[C@@H]1C[C@@H]3[C@@H]4CC=C5C[C@@H](O)C[C@@H](O[C@@H]6O[C@H](C)[C@H](O)[C@H](O[C@@H]7OC[C@H](O)[C@H](O)[C@@H]7O)[C@@H]6O[C@@H]6O[C@@H](C)[C@H](O)[C@@H](O)[C@H]6O)[C@]5(C)[C@@H]4CC[C@]3(C)[C@@H]1[C@H]2C. The first-order valence-electron chi connectivity index (χ1n) is 22.7. The largest absolute Gasteiger partial charge is 0.393 e. The van der Waals surface area contributed by atoms with Gasteiger partial charge in [-0.1, -0.05) is 39.3 Å². The molecule has 0 radical (unpaired) electrons. The number of aliphatic hydroxyl groups is 8. The van der Waals surface area contributed by atoms with Gasteiger partial charge in [0.2, 0.25) is 0 Å². The van der Waals surface area contributed by atoms with Crippen molar-refractivity contribution in [3.8, 4) is 0 Å². The zero-order chi connectivity index (χ0) is 42.8. The Morgan fingerprint density at radius 1 is 0.683 bits per heavy atom. The average Bonchev–Trinajstić information content (AvgIpc) is 3.66. The maximum atomic E-state index is 11.6. The first kappa shape index (κ1) is 44.3. The molecule has 0 aromatic heterocycles. The van der Waals surface area contributed by atoms with Crippen LogP contribution in [0.5, 0.6) is 0 Å². The van der Waals surface area contributed by atoms with Crippen LogP contribution >= 0.6 is 0 Å². The van der Waals surface area contributed by atoms with Crippen molar-refractivity contribution in [3.63, 3.8) is 0 Å². The van der Waals surface area contributed by atoms with Crippen LogP contribution in [0, 0.1) is 46.3 Å². The molecule has 60 heavy (non-hydrogen) atoms. The number of aliphatic hydroxyl groups excluding tert-OH is 8. The molecule has 9 aliphatic rings. The van der Waals surface area contributed by atoms with Gasteiger partial charge in [0.15, 0.2) is 24.7 Å². The quantitative estimate of drug-likeness (QED) is 0.173. The van der Waals surface area contributed by atoms with Gasteiger partial charge >= 0.3 is 0 Å². The highest BCUT2D eigenvalue weighted by Crippen LogP contribution is 2.71. The molecule has 342 valence electrons. The minimum Gasteiger partial charge on any atom is -0.393 e. The monoisotopic (exact) mass is 854 g/mol. The minimum absolute atomic E-state index is 0.0699. The number of hydrogen-bond acceptors (Lipinski definition) is 16. The van der Waals surface area contributed by atoms with Gasteiger partial charge in [-0.3, -0.25) is 0 Å². The lowest BCUT2D eigenvalue weighted by molar-refractivity contribution is -0.391. The molecule has 0 bridgehead atoms. The van der Waals surface area contributed by atoms with Crippen molar-refractivity contribution in [1.82, 2.24) is 0 Å².